The summed E-state index contributed by atoms with van der Waals surface area (Å²) in [5, 5.41) is 20.1. The molecule has 1 aromatic rings. The van der Waals surface area contributed by atoms with Gasteiger partial charge in [0.25, 0.3) is 5.69 Å². The Morgan fingerprint density at radius 1 is 1.55 bits per heavy atom. The molecule has 0 aromatic heterocycles. The number of esters is 1. The molecule has 7 heteroatoms. The van der Waals surface area contributed by atoms with Crippen LogP contribution in [0.3, 0.4) is 0 Å². The van der Waals surface area contributed by atoms with Gasteiger partial charge in [-0.2, -0.15) is 5.26 Å². The van der Waals surface area contributed by atoms with Crippen LogP contribution in [0.1, 0.15) is 19.4 Å². The molecule has 0 saturated heterocycles. The molecule has 0 unspecified atom stereocenters. The first-order chi connectivity index (χ1) is 9.42. The number of carbonyl (C=O) groups excluding carboxylic acids is 1. The Bertz CT molecular complexity index is 632. The van der Waals surface area contributed by atoms with Crippen LogP contribution in [0.5, 0.6) is 0 Å². The van der Waals surface area contributed by atoms with E-state index in [4.69, 9.17) is 10.00 Å². The van der Waals surface area contributed by atoms with Gasteiger partial charge in [-0.05, 0) is 31.6 Å². The average molecular weight is 339 g/mol. The second-order valence-electron chi connectivity index (χ2n) is 3.75. The van der Waals surface area contributed by atoms with E-state index in [9.17, 15) is 14.9 Å². The van der Waals surface area contributed by atoms with Gasteiger partial charge in [-0.15, -0.1) is 0 Å². The van der Waals surface area contributed by atoms with Crippen LogP contribution in [0.15, 0.2) is 28.2 Å². The van der Waals surface area contributed by atoms with Crippen molar-refractivity contribution < 1.29 is 14.5 Å². The van der Waals surface area contributed by atoms with Crippen molar-refractivity contribution in [2.75, 3.05) is 6.61 Å². The molecule has 0 aliphatic heterocycles. The van der Waals surface area contributed by atoms with E-state index < -0.39 is 10.9 Å². The lowest BCUT2D eigenvalue weighted by molar-refractivity contribution is -0.385. The lowest BCUT2D eigenvalue weighted by atomic mass is 10.0. The molecule has 0 spiro atoms. The topological polar surface area (TPSA) is 93.2 Å². The van der Waals surface area contributed by atoms with Crippen molar-refractivity contribution in [3.8, 4) is 6.07 Å². The Kier molecular flexibility index (Phi) is 5.41. The molecule has 0 bridgehead atoms. The summed E-state index contributed by atoms with van der Waals surface area (Å²) in [6.07, 6.45) is 0. The molecule has 1 rings (SSSR count). The Balaban J connectivity index is 3.46. The van der Waals surface area contributed by atoms with E-state index >= 15 is 0 Å². The summed E-state index contributed by atoms with van der Waals surface area (Å²) >= 11 is 3.14. The quantitative estimate of drug-likeness (QED) is 0.276. The third-order valence-electron chi connectivity index (χ3n) is 2.53. The van der Waals surface area contributed by atoms with Gasteiger partial charge in [0, 0.05) is 10.5 Å². The summed E-state index contributed by atoms with van der Waals surface area (Å²) in [7, 11) is 0. The number of benzene rings is 1. The first kappa shape index (κ1) is 15.9. The molecule has 104 valence electrons. The normalized spacial score (nSPS) is 11.3. The molecular formula is C13H11BrN2O4. The molecule has 0 fully saturated rings. The number of allylic oxidation sites excluding steroid dienone is 1. The minimum atomic E-state index is -0.787. The Morgan fingerprint density at radius 3 is 2.70 bits per heavy atom. The number of hydrogen-bond acceptors (Lipinski definition) is 5. The first-order valence-electron chi connectivity index (χ1n) is 5.64. The third-order valence-corrected chi connectivity index (χ3v) is 3.02. The first-order valence-corrected chi connectivity index (χ1v) is 6.44. The second kappa shape index (κ2) is 6.82. The summed E-state index contributed by atoms with van der Waals surface area (Å²) in [5.41, 5.74) is -0.000788. The van der Waals surface area contributed by atoms with Crippen molar-refractivity contribution >= 4 is 33.2 Å². The highest BCUT2D eigenvalue weighted by molar-refractivity contribution is 9.10. The number of nitro benzene ring substituents is 1. The zero-order valence-electron chi connectivity index (χ0n) is 10.8. The Labute approximate surface area is 123 Å². The van der Waals surface area contributed by atoms with Gasteiger partial charge in [0.2, 0.25) is 0 Å². The zero-order valence-corrected chi connectivity index (χ0v) is 12.4. The Hall–Kier alpha value is -2.20. The predicted octanol–water partition coefficient (Wildman–Crippen LogP) is 3.22. The summed E-state index contributed by atoms with van der Waals surface area (Å²) in [4.78, 5) is 22.1. The molecule has 1 aromatic carbocycles. The SMILES string of the molecule is CCOC(=O)/C(C#N)=C(\C)c1ccc(Br)cc1[N+](=O)[O-]. The monoisotopic (exact) mass is 338 g/mol. The molecule has 0 saturated carbocycles. The lowest BCUT2D eigenvalue weighted by Crippen LogP contribution is -2.08. The van der Waals surface area contributed by atoms with Crippen LogP contribution in [0.25, 0.3) is 5.57 Å². The maximum absolute atomic E-state index is 11.7. The highest BCUT2D eigenvalue weighted by Gasteiger charge is 2.21. The van der Waals surface area contributed by atoms with Crippen LogP contribution in [0, 0.1) is 21.4 Å². The summed E-state index contributed by atoms with van der Waals surface area (Å²) in [5.74, 6) is -0.787. The lowest BCUT2D eigenvalue weighted by Gasteiger charge is -2.07. The highest BCUT2D eigenvalue weighted by atomic mass is 79.9. The van der Waals surface area contributed by atoms with Crippen LogP contribution < -0.4 is 0 Å². The number of nitro groups is 1. The van der Waals surface area contributed by atoms with Gasteiger partial charge in [0.05, 0.1) is 17.1 Å². The number of halogens is 1. The largest absolute Gasteiger partial charge is 0.462 e. The zero-order chi connectivity index (χ0) is 15.3. The standard InChI is InChI=1S/C13H11BrN2O4/c1-3-20-13(17)11(7-15)8(2)10-5-4-9(14)6-12(10)16(18)19/h4-6H,3H2,1-2H3/b11-8+. The van der Waals surface area contributed by atoms with E-state index in [1.165, 1.54) is 19.1 Å². The van der Waals surface area contributed by atoms with Crippen LogP contribution in [-0.4, -0.2) is 17.5 Å². The average Bonchev–Trinajstić information content (AvgIpc) is 2.39. The molecule has 6 nitrogen and oxygen atoms in total. The van der Waals surface area contributed by atoms with Crippen molar-refractivity contribution in [2.45, 2.75) is 13.8 Å². The fourth-order valence-corrected chi connectivity index (χ4v) is 1.94. The molecular weight excluding hydrogens is 328 g/mol. The van der Waals surface area contributed by atoms with Gasteiger partial charge in [0.15, 0.2) is 0 Å². The number of ether oxygens (including phenoxy) is 1. The van der Waals surface area contributed by atoms with Crippen LogP contribution in [0.2, 0.25) is 0 Å². The fourth-order valence-electron chi connectivity index (χ4n) is 1.59. The van der Waals surface area contributed by atoms with Gasteiger partial charge in [-0.3, -0.25) is 10.1 Å². The molecule has 0 radical (unpaired) electrons. The highest BCUT2D eigenvalue weighted by Crippen LogP contribution is 2.30. The smallest absolute Gasteiger partial charge is 0.349 e. The van der Waals surface area contributed by atoms with Gasteiger partial charge >= 0.3 is 5.97 Å². The van der Waals surface area contributed by atoms with Crippen LogP contribution in [0.4, 0.5) is 5.69 Å². The van der Waals surface area contributed by atoms with Gasteiger partial charge in [-0.1, -0.05) is 15.9 Å². The minimum Gasteiger partial charge on any atom is -0.462 e. The number of hydrogen-bond donors (Lipinski definition) is 0. The molecule has 0 amide bonds. The van der Waals surface area contributed by atoms with E-state index in [2.05, 4.69) is 15.9 Å². The number of carbonyl (C=O) groups is 1. The van der Waals surface area contributed by atoms with E-state index in [0.29, 0.717) is 4.47 Å². The van der Waals surface area contributed by atoms with Gasteiger partial charge in [-0.25, -0.2) is 4.79 Å². The molecule has 0 heterocycles. The van der Waals surface area contributed by atoms with Crippen LogP contribution in [-0.2, 0) is 9.53 Å². The van der Waals surface area contributed by atoms with Gasteiger partial charge in [0.1, 0.15) is 11.6 Å². The second-order valence-corrected chi connectivity index (χ2v) is 4.67. The molecule has 0 atom stereocenters. The maximum Gasteiger partial charge on any atom is 0.349 e. The van der Waals surface area contributed by atoms with Crippen molar-refractivity contribution in [3.05, 3.63) is 43.9 Å². The van der Waals surface area contributed by atoms with Crippen LogP contribution >= 0.6 is 15.9 Å². The summed E-state index contributed by atoms with van der Waals surface area (Å²) in [6.45, 7) is 3.22. The van der Waals surface area contributed by atoms with E-state index in [-0.39, 0.29) is 29.0 Å². The van der Waals surface area contributed by atoms with Gasteiger partial charge < -0.3 is 4.74 Å². The number of nitriles is 1. The third kappa shape index (κ3) is 3.42. The molecule has 0 aliphatic rings. The molecule has 0 N–H and O–H groups in total. The van der Waals surface area contributed by atoms with E-state index in [1.54, 1.807) is 19.1 Å². The molecule has 20 heavy (non-hydrogen) atoms. The van der Waals surface area contributed by atoms with Crippen molar-refractivity contribution in [1.82, 2.24) is 0 Å². The Morgan fingerprint density at radius 2 is 2.20 bits per heavy atom. The van der Waals surface area contributed by atoms with Crippen molar-refractivity contribution in [3.63, 3.8) is 0 Å². The number of rotatable bonds is 4. The predicted molar refractivity (Wildman–Crippen MR) is 75.6 cm³/mol. The maximum atomic E-state index is 11.7. The van der Waals surface area contributed by atoms with E-state index in [1.807, 2.05) is 0 Å². The summed E-state index contributed by atoms with van der Waals surface area (Å²) < 4.78 is 5.30. The van der Waals surface area contributed by atoms with Crippen molar-refractivity contribution in [2.24, 2.45) is 0 Å². The number of nitrogens with zero attached hydrogens (tertiary/aromatic N) is 2. The molecule has 0 aliphatic carbocycles. The minimum absolute atomic E-state index is 0.125. The fraction of sp³-hybridized carbons (Fsp3) is 0.231. The summed E-state index contributed by atoms with van der Waals surface area (Å²) in [6, 6.07) is 6.14. The van der Waals surface area contributed by atoms with Crippen molar-refractivity contribution in [1.29, 1.82) is 5.26 Å². The van der Waals surface area contributed by atoms with E-state index in [0.717, 1.165) is 0 Å².